The Kier molecular flexibility index (Phi) is 4.39. The number of urea groups is 1. The van der Waals surface area contributed by atoms with Crippen molar-refractivity contribution in [3.8, 4) is 0 Å². The lowest BCUT2D eigenvalue weighted by molar-refractivity contribution is -0.117. The first-order chi connectivity index (χ1) is 9.08. The monoisotopic (exact) mass is 326 g/mol. The van der Waals surface area contributed by atoms with Crippen LogP contribution in [0, 0.1) is 0 Å². The second-order valence-corrected chi connectivity index (χ2v) is 5.13. The maximum atomic E-state index is 11.9. The molecule has 0 aromatic heterocycles. The maximum Gasteiger partial charge on any atom is 0.334 e. The van der Waals surface area contributed by atoms with E-state index in [4.69, 9.17) is 5.84 Å². The van der Waals surface area contributed by atoms with E-state index in [-0.39, 0.29) is 18.5 Å². The number of hydrogen-bond donors (Lipinski definition) is 2. The van der Waals surface area contributed by atoms with Crippen LogP contribution in [-0.4, -0.2) is 41.5 Å². The minimum Gasteiger partial charge on any atom is -0.324 e. The lowest BCUT2D eigenvalue weighted by Gasteiger charge is -2.32. The van der Waals surface area contributed by atoms with Gasteiger partial charge in [-0.2, -0.15) is 0 Å². The van der Waals surface area contributed by atoms with E-state index in [0.29, 0.717) is 18.8 Å². The average molecular weight is 327 g/mol. The number of nitrogens with one attached hydrogen (secondary N) is 1. The SMILES string of the molecule is NN1CCCN(CC(=O)Nc2ccccc2Br)C1=O. The van der Waals surface area contributed by atoms with Crippen LogP contribution in [0.25, 0.3) is 0 Å². The van der Waals surface area contributed by atoms with Crippen LogP contribution in [0.15, 0.2) is 28.7 Å². The summed E-state index contributed by atoms with van der Waals surface area (Å²) < 4.78 is 0.800. The van der Waals surface area contributed by atoms with E-state index in [1.54, 1.807) is 6.07 Å². The van der Waals surface area contributed by atoms with Crippen LogP contribution in [0.2, 0.25) is 0 Å². The number of anilines is 1. The van der Waals surface area contributed by atoms with E-state index in [1.165, 1.54) is 4.90 Å². The molecule has 0 spiro atoms. The minimum atomic E-state index is -0.312. The Labute approximate surface area is 119 Å². The smallest absolute Gasteiger partial charge is 0.324 e. The van der Waals surface area contributed by atoms with Crippen molar-refractivity contribution < 1.29 is 9.59 Å². The Morgan fingerprint density at radius 3 is 2.84 bits per heavy atom. The molecule has 1 aromatic carbocycles. The summed E-state index contributed by atoms with van der Waals surface area (Å²) in [7, 11) is 0. The number of para-hydroxylation sites is 1. The highest BCUT2D eigenvalue weighted by molar-refractivity contribution is 9.10. The quantitative estimate of drug-likeness (QED) is 0.650. The minimum absolute atomic E-state index is 0.00781. The van der Waals surface area contributed by atoms with Crippen LogP contribution in [0.3, 0.4) is 0 Å². The lowest BCUT2D eigenvalue weighted by atomic mass is 10.3. The van der Waals surface area contributed by atoms with Crippen LogP contribution in [0.4, 0.5) is 10.5 Å². The van der Waals surface area contributed by atoms with Crippen LogP contribution >= 0.6 is 15.9 Å². The summed E-state index contributed by atoms with van der Waals surface area (Å²) in [6.07, 6.45) is 0.768. The number of amides is 3. The van der Waals surface area contributed by atoms with Gasteiger partial charge in [0, 0.05) is 17.6 Å². The highest BCUT2D eigenvalue weighted by Crippen LogP contribution is 2.21. The molecule has 2 rings (SSSR count). The van der Waals surface area contributed by atoms with Crippen molar-refractivity contribution in [2.24, 2.45) is 5.84 Å². The first kappa shape index (κ1) is 13.8. The maximum absolute atomic E-state index is 11.9. The number of hydrazine groups is 1. The highest BCUT2D eigenvalue weighted by Gasteiger charge is 2.25. The Morgan fingerprint density at radius 1 is 1.37 bits per heavy atom. The molecule has 0 aliphatic carbocycles. The molecule has 3 N–H and O–H groups in total. The molecule has 0 radical (unpaired) electrons. The van der Waals surface area contributed by atoms with Crippen LogP contribution < -0.4 is 11.2 Å². The van der Waals surface area contributed by atoms with Gasteiger partial charge in [0.1, 0.15) is 6.54 Å². The molecule has 1 aliphatic heterocycles. The molecule has 19 heavy (non-hydrogen) atoms. The van der Waals surface area contributed by atoms with Crippen molar-refractivity contribution in [3.63, 3.8) is 0 Å². The van der Waals surface area contributed by atoms with Crippen LogP contribution in [0.1, 0.15) is 6.42 Å². The number of halogens is 1. The molecule has 0 bridgehead atoms. The summed E-state index contributed by atoms with van der Waals surface area (Å²) in [5, 5.41) is 3.89. The summed E-state index contributed by atoms with van der Waals surface area (Å²) >= 11 is 3.35. The van der Waals surface area contributed by atoms with Gasteiger partial charge in [-0.1, -0.05) is 12.1 Å². The van der Waals surface area contributed by atoms with E-state index in [2.05, 4.69) is 21.2 Å². The highest BCUT2D eigenvalue weighted by atomic mass is 79.9. The van der Waals surface area contributed by atoms with Gasteiger partial charge >= 0.3 is 6.03 Å². The summed E-state index contributed by atoms with van der Waals surface area (Å²) in [5.74, 6) is 5.28. The van der Waals surface area contributed by atoms with Gasteiger partial charge in [-0.3, -0.25) is 9.80 Å². The second kappa shape index (κ2) is 6.03. The van der Waals surface area contributed by atoms with Crippen molar-refractivity contribution in [2.75, 3.05) is 25.0 Å². The van der Waals surface area contributed by atoms with E-state index in [9.17, 15) is 9.59 Å². The van der Waals surface area contributed by atoms with Crippen molar-refractivity contribution in [3.05, 3.63) is 28.7 Å². The van der Waals surface area contributed by atoms with Gasteiger partial charge in [0.2, 0.25) is 5.91 Å². The predicted molar refractivity (Wildman–Crippen MR) is 75.3 cm³/mol. The number of nitrogens with two attached hydrogens (primary N) is 1. The summed E-state index contributed by atoms with van der Waals surface area (Å²) in [5.41, 5.74) is 0.682. The molecule has 1 saturated heterocycles. The Bertz CT molecular complexity index is 494. The number of carbonyl (C=O) groups is 2. The van der Waals surface area contributed by atoms with E-state index < -0.39 is 0 Å². The van der Waals surface area contributed by atoms with Gasteiger partial charge in [-0.05, 0) is 34.5 Å². The first-order valence-corrected chi connectivity index (χ1v) is 6.73. The molecule has 3 amide bonds. The number of hydrogen-bond acceptors (Lipinski definition) is 3. The zero-order chi connectivity index (χ0) is 13.8. The van der Waals surface area contributed by atoms with Crippen molar-refractivity contribution in [1.82, 2.24) is 9.91 Å². The molecule has 1 aliphatic rings. The van der Waals surface area contributed by atoms with Crippen molar-refractivity contribution >= 4 is 33.6 Å². The van der Waals surface area contributed by atoms with Gasteiger partial charge in [-0.15, -0.1) is 0 Å². The summed E-state index contributed by atoms with van der Waals surface area (Å²) in [6, 6.07) is 7.00. The van der Waals surface area contributed by atoms with Crippen LogP contribution in [-0.2, 0) is 4.79 Å². The zero-order valence-electron chi connectivity index (χ0n) is 10.3. The molecule has 102 valence electrons. The molecule has 1 aromatic rings. The Balaban J connectivity index is 1.94. The second-order valence-electron chi connectivity index (χ2n) is 4.28. The Morgan fingerprint density at radius 2 is 2.11 bits per heavy atom. The molecular weight excluding hydrogens is 312 g/mol. The zero-order valence-corrected chi connectivity index (χ0v) is 11.9. The standard InChI is InChI=1S/C12H15BrN4O2/c13-9-4-1-2-5-10(9)15-11(18)8-16-6-3-7-17(14)12(16)19/h1-2,4-5H,3,6-8,14H2,(H,15,18). The van der Waals surface area contributed by atoms with Gasteiger partial charge in [-0.25, -0.2) is 10.6 Å². The first-order valence-electron chi connectivity index (χ1n) is 5.93. The molecule has 1 fully saturated rings. The van der Waals surface area contributed by atoms with Gasteiger partial charge < -0.3 is 10.2 Å². The summed E-state index contributed by atoms with van der Waals surface area (Å²) in [6.45, 7) is 1.09. The third-order valence-electron chi connectivity index (χ3n) is 2.83. The number of rotatable bonds is 3. The average Bonchev–Trinajstić information content (AvgIpc) is 2.38. The van der Waals surface area contributed by atoms with E-state index in [1.807, 2.05) is 18.2 Å². The molecule has 1 heterocycles. The van der Waals surface area contributed by atoms with Crippen molar-refractivity contribution in [1.29, 1.82) is 0 Å². The van der Waals surface area contributed by atoms with Gasteiger partial charge in [0.05, 0.1) is 5.69 Å². The number of benzene rings is 1. The number of nitrogens with zero attached hydrogens (tertiary/aromatic N) is 2. The molecule has 6 nitrogen and oxygen atoms in total. The fraction of sp³-hybridized carbons (Fsp3) is 0.333. The normalized spacial score (nSPS) is 15.6. The fourth-order valence-corrected chi connectivity index (χ4v) is 2.26. The van der Waals surface area contributed by atoms with Gasteiger partial charge in [0.15, 0.2) is 0 Å². The third-order valence-corrected chi connectivity index (χ3v) is 3.52. The largest absolute Gasteiger partial charge is 0.334 e. The topological polar surface area (TPSA) is 78.7 Å². The number of carbonyl (C=O) groups excluding carboxylic acids is 2. The fourth-order valence-electron chi connectivity index (χ4n) is 1.88. The predicted octanol–water partition coefficient (Wildman–Crippen LogP) is 1.39. The van der Waals surface area contributed by atoms with E-state index in [0.717, 1.165) is 15.9 Å². The lowest BCUT2D eigenvalue weighted by Crippen LogP contribution is -2.54. The molecule has 0 unspecified atom stereocenters. The third kappa shape index (κ3) is 3.45. The molecule has 0 atom stereocenters. The van der Waals surface area contributed by atoms with E-state index >= 15 is 0 Å². The van der Waals surface area contributed by atoms with Crippen LogP contribution in [0.5, 0.6) is 0 Å². The molecule has 7 heteroatoms. The van der Waals surface area contributed by atoms with Crippen molar-refractivity contribution in [2.45, 2.75) is 6.42 Å². The summed E-state index contributed by atoms with van der Waals surface area (Å²) in [4.78, 5) is 25.1. The molecule has 0 saturated carbocycles. The van der Waals surface area contributed by atoms with Gasteiger partial charge in [0.25, 0.3) is 0 Å². The Hall–Kier alpha value is -1.60. The molecular formula is C12H15BrN4O2.